The molecule has 0 radical (unpaired) electrons. The maximum Gasteiger partial charge on any atom is 0.126 e. The number of rotatable bonds is 5. The second-order valence-corrected chi connectivity index (χ2v) is 5.41. The molecule has 0 amide bonds. The first-order valence-electron chi connectivity index (χ1n) is 6.10. The molecule has 0 heterocycles. The lowest BCUT2D eigenvalue weighted by atomic mass is 10.1. The van der Waals surface area contributed by atoms with Crippen LogP contribution < -0.4 is 5.32 Å². The minimum Gasteiger partial charge on any atom is -0.312 e. The van der Waals surface area contributed by atoms with Gasteiger partial charge in [0.25, 0.3) is 0 Å². The number of thioether (sulfide) groups is 1. The first-order valence-corrected chi connectivity index (χ1v) is 7.08. The topological polar surface area (TPSA) is 12.0 Å². The van der Waals surface area contributed by atoms with Crippen molar-refractivity contribution in [3.63, 3.8) is 0 Å². The van der Waals surface area contributed by atoms with E-state index in [0.717, 1.165) is 11.0 Å². The van der Waals surface area contributed by atoms with Crippen molar-refractivity contribution < 1.29 is 13.2 Å². The highest BCUT2D eigenvalue weighted by Crippen LogP contribution is 2.26. The Hall–Kier alpha value is -1.46. The van der Waals surface area contributed by atoms with Crippen LogP contribution in [-0.2, 0) is 0 Å². The van der Waals surface area contributed by atoms with Gasteiger partial charge in [-0.25, -0.2) is 13.2 Å². The fraction of sp³-hybridized carbons (Fsp3) is 0.200. The van der Waals surface area contributed by atoms with Crippen LogP contribution in [-0.4, -0.2) is 12.8 Å². The lowest BCUT2D eigenvalue weighted by molar-refractivity contribution is 0.568. The second kappa shape index (κ2) is 6.81. The van der Waals surface area contributed by atoms with E-state index in [2.05, 4.69) is 5.32 Å². The fourth-order valence-electron chi connectivity index (χ4n) is 1.86. The monoisotopic (exact) mass is 297 g/mol. The van der Waals surface area contributed by atoms with Gasteiger partial charge in [-0.3, -0.25) is 0 Å². The highest BCUT2D eigenvalue weighted by molar-refractivity contribution is 7.99. The maximum absolute atomic E-state index is 13.2. The number of benzene rings is 2. The van der Waals surface area contributed by atoms with E-state index >= 15 is 0 Å². The Balaban J connectivity index is 2.09. The first kappa shape index (κ1) is 14.9. The molecule has 2 rings (SSSR count). The lowest BCUT2D eigenvalue weighted by Crippen LogP contribution is -2.19. The third kappa shape index (κ3) is 4.02. The quantitative estimate of drug-likeness (QED) is 0.832. The van der Waals surface area contributed by atoms with Gasteiger partial charge in [0.1, 0.15) is 17.5 Å². The van der Waals surface area contributed by atoms with E-state index in [0.29, 0.717) is 11.3 Å². The van der Waals surface area contributed by atoms with Gasteiger partial charge in [-0.2, -0.15) is 0 Å². The Labute approximate surface area is 120 Å². The molecule has 0 fully saturated rings. The summed E-state index contributed by atoms with van der Waals surface area (Å²) >= 11 is 1.43. The Kier molecular flexibility index (Phi) is 5.09. The molecule has 0 aliphatic rings. The summed E-state index contributed by atoms with van der Waals surface area (Å²) in [5, 5.41) is 3.01. The van der Waals surface area contributed by atoms with Crippen LogP contribution in [0.5, 0.6) is 0 Å². The van der Waals surface area contributed by atoms with Gasteiger partial charge in [0.15, 0.2) is 0 Å². The summed E-state index contributed by atoms with van der Waals surface area (Å²) in [5.74, 6) is -0.956. The summed E-state index contributed by atoms with van der Waals surface area (Å²) in [6, 6.07) is 9.47. The Morgan fingerprint density at radius 2 is 1.70 bits per heavy atom. The van der Waals surface area contributed by atoms with Crippen molar-refractivity contribution in [2.75, 3.05) is 12.8 Å². The van der Waals surface area contributed by atoms with Crippen LogP contribution in [0.3, 0.4) is 0 Å². The molecule has 0 bridgehead atoms. The smallest absolute Gasteiger partial charge is 0.126 e. The second-order valence-electron chi connectivity index (χ2n) is 4.31. The van der Waals surface area contributed by atoms with Crippen molar-refractivity contribution in [1.82, 2.24) is 5.32 Å². The molecule has 1 nitrogen and oxygen atoms in total. The molecule has 1 N–H and O–H groups in total. The van der Waals surface area contributed by atoms with E-state index in [1.165, 1.54) is 36.0 Å². The third-order valence-corrected chi connectivity index (χ3v) is 3.94. The summed E-state index contributed by atoms with van der Waals surface area (Å²) in [5.41, 5.74) is 0.536. The molecule has 0 aliphatic heterocycles. The molecule has 1 atom stereocenters. The minimum atomic E-state index is -0.601. The largest absolute Gasteiger partial charge is 0.312 e. The highest BCUT2D eigenvalue weighted by Gasteiger charge is 2.12. The van der Waals surface area contributed by atoms with E-state index < -0.39 is 11.6 Å². The van der Waals surface area contributed by atoms with Crippen molar-refractivity contribution in [3.05, 3.63) is 65.5 Å². The van der Waals surface area contributed by atoms with Crippen molar-refractivity contribution in [3.8, 4) is 0 Å². The molecule has 106 valence electrons. The van der Waals surface area contributed by atoms with Crippen LogP contribution >= 0.6 is 11.8 Å². The predicted molar refractivity (Wildman–Crippen MR) is 75.3 cm³/mol. The van der Waals surface area contributed by atoms with Crippen molar-refractivity contribution in [2.24, 2.45) is 0 Å². The standard InChI is InChI=1S/C15H14F3NS/c1-19-15(10-5-12(17)7-13(18)6-10)9-20-14-4-2-3-11(16)8-14/h2-8,15,19H,9H2,1H3. The van der Waals surface area contributed by atoms with Gasteiger partial charge in [-0.15, -0.1) is 11.8 Å². The van der Waals surface area contributed by atoms with Crippen molar-refractivity contribution >= 4 is 11.8 Å². The minimum absolute atomic E-state index is 0.214. The third-order valence-electron chi connectivity index (χ3n) is 2.85. The average Bonchev–Trinajstić information content (AvgIpc) is 2.38. The number of hydrogen-bond acceptors (Lipinski definition) is 2. The maximum atomic E-state index is 13.2. The molecular weight excluding hydrogens is 283 g/mol. The van der Waals surface area contributed by atoms with E-state index in [9.17, 15) is 13.2 Å². The number of hydrogen-bond donors (Lipinski definition) is 1. The average molecular weight is 297 g/mol. The van der Waals surface area contributed by atoms with Crippen molar-refractivity contribution in [1.29, 1.82) is 0 Å². The number of nitrogens with one attached hydrogen (secondary N) is 1. The zero-order valence-corrected chi connectivity index (χ0v) is 11.7. The predicted octanol–water partition coefficient (Wildman–Crippen LogP) is 4.16. The normalized spacial score (nSPS) is 12.4. The molecule has 0 aliphatic carbocycles. The molecule has 0 saturated heterocycles. The Morgan fingerprint density at radius 3 is 2.30 bits per heavy atom. The van der Waals surface area contributed by atoms with Gasteiger partial charge in [-0.05, 0) is 42.9 Å². The van der Waals surface area contributed by atoms with Crippen LogP contribution in [0.15, 0.2) is 47.4 Å². The van der Waals surface area contributed by atoms with Gasteiger partial charge in [0.05, 0.1) is 0 Å². The zero-order chi connectivity index (χ0) is 14.5. The molecular formula is C15H14F3NS. The van der Waals surface area contributed by atoms with E-state index in [1.54, 1.807) is 19.2 Å². The summed E-state index contributed by atoms with van der Waals surface area (Å²) in [6.07, 6.45) is 0. The van der Waals surface area contributed by atoms with Gasteiger partial charge >= 0.3 is 0 Å². The van der Waals surface area contributed by atoms with Crippen LogP contribution in [0.2, 0.25) is 0 Å². The summed E-state index contributed by atoms with van der Waals surface area (Å²) < 4.78 is 39.5. The van der Waals surface area contributed by atoms with Crippen LogP contribution in [0.25, 0.3) is 0 Å². The van der Waals surface area contributed by atoms with Gasteiger partial charge in [-0.1, -0.05) is 6.07 Å². The molecule has 0 saturated carbocycles. The lowest BCUT2D eigenvalue weighted by Gasteiger charge is -2.16. The summed E-state index contributed by atoms with van der Waals surface area (Å²) in [6.45, 7) is 0. The van der Waals surface area contributed by atoms with Gasteiger partial charge in [0.2, 0.25) is 0 Å². The SMILES string of the molecule is CNC(CSc1cccc(F)c1)c1cc(F)cc(F)c1. The molecule has 2 aromatic carbocycles. The molecule has 0 aromatic heterocycles. The molecule has 2 aromatic rings. The summed E-state index contributed by atoms with van der Waals surface area (Å²) in [4.78, 5) is 0.780. The van der Waals surface area contributed by atoms with E-state index in [1.807, 2.05) is 0 Å². The van der Waals surface area contributed by atoms with Crippen LogP contribution in [0.4, 0.5) is 13.2 Å². The Morgan fingerprint density at radius 1 is 1.00 bits per heavy atom. The van der Waals surface area contributed by atoms with Crippen LogP contribution in [0, 0.1) is 17.5 Å². The van der Waals surface area contributed by atoms with Crippen LogP contribution in [0.1, 0.15) is 11.6 Å². The molecule has 1 unspecified atom stereocenters. The van der Waals surface area contributed by atoms with Gasteiger partial charge < -0.3 is 5.32 Å². The molecule has 5 heteroatoms. The summed E-state index contributed by atoms with van der Waals surface area (Å²) in [7, 11) is 1.72. The van der Waals surface area contributed by atoms with Gasteiger partial charge in [0, 0.05) is 22.8 Å². The molecule has 20 heavy (non-hydrogen) atoms. The fourth-order valence-corrected chi connectivity index (χ4v) is 2.95. The Bertz CT molecular complexity index is 569. The van der Waals surface area contributed by atoms with Crippen molar-refractivity contribution in [2.45, 2.75) is 10.9 Å². The first-order chi connectivity index (χ1) is 9.58. The zero-order valence-electron chi connectivity index (χ0n) is 10.9. The van der Waals surface area contributed by atoms with E-state index in [-0.39, 0.29) is 11.9 Å². The molecule has 0 spiro atoms. The number of halogens is 3. The van der Waals surface area contributed by atoms with E-state index in [4.69, 9.17) is 0 Å². The highest BCUT2D eigenvalue weighted by atomic mass is 32.2.